The van der Waals surface area contributed by atoms with Crippen molar-refractivity contribution in [3.8, 4) is 0 Å². The number of hydrogen-bond acceptors (Lipinski definition) is 3. The number of aryl methyl sites for hydroxylation is 1. The van der Waals surface area contributed by atoms with Gasteiger partial charge in [-0.1, -0.05) is 24.8 Å². The number of nitrogens with one attached hydrogen (secondary N) is 2. The minimum atomic E-state index is -1.47. The van der Waals surface area contributed by atoms with Crippen LogP contribution in [0.5, 0.6) is 0 Å². The zero-order chi connectivity index (χ0) is 15.0. The van der Waals surface area contributed by atoms with E-state index in [1.54, 1.807) is 19.1 Å². The van der Waals surface area contributed by atoms with Crippen molar-refractivity contribution in [2.24, 2.45) is 0 Å². The highest BCUT2D eigenvalue weighted by atomic mass is 19.1. The Morgan fingerprint density at radius 1 is 1.48 bits per heavy atom. The first-order valence-corrected chi connectivity index (χ1v) is 7.22. The second-order valence-electron chi connectivity index (χ2n) is 5.94. The summed E-state index contributed by atoms with van der Waals surface area (Å²) in [6, 6.07) is 5.40. The van der Waals surface area contributed by atoms with E-state index in [0.29, 0.717) is 17.5 Å². The standard InChI is InChI=1S/C16H20F2N2O/c1-10-4-3-5-12(14(10)17)8-13-16(6-7-19-13)9-21-15(18)11(2)20-16/h3-5,13,15,19-20H,2,6-9H2,1H3. The predicted octanol–water partition coefficient (Wildman–Crippen LogP) is 2.21. The first kappa shape index (κ1) is 14.5. The summed E-state index contributed by atoms with van der Waals surface area (Å²) in [5.41, 5.74) is 1.15. The molecule has 0 saturated carbocycles. The van der Waals surface area contributed by atoms with Gasteiger partial charge in [-0.2, -0.15) is 0 Å². The molecule has 3 rings (SSSR count). The molecule has 1 aromatic carbocycles. The van der Waals surface area contributed by atoms with Crippen molar-refractivity contribution < 1.29 is 13.5 Å². The third-order valence-electron chi connectivity index (χ3n) is 4.50. The van der Waals surface area contributed by atoms with Gasteiger partial charge in [0.2, 0.25) is 6.36 Å². The summed E-state index contributed by atoms with van der Waals surface area (Å²) < 4.78 is 32.8. The molecule has 0 bridgehead atoms. The lowest BCUT2D eigenvalue weighted by atomic mass is 9.85. The van der Waals surface area contributed by atoms with E-state index in [2.05, 4.69) is 17.2 Å². The SMILES string of the molecule is C=C1NC2(CCNC2Cc2cccc(C)c2F)COC1F. The molecule has 5 heteroatoms. The van der Waals surface area contributed by atoms with Gasteiger partial charge in [-0.25, -0.2) is 8.78 Å². The van der Waals surface area contributed by atoms with E-state index < -0.39 is 11.9 Å². The second-order valence-corrected chi connectivity index (χ2v) is 5.94. The Balaban J connectivity index is 1.81. The van der Waals surface area contributed by atoms with Crippen molar-refractivity contribution in [3.05, 3.63) is 47.4 Å². The quantitative estimate of drug-likeness (QED) is 0.877. The molecule has 3 atom stereocenters. The number of halogens is 2. The second kappa shape index (κ2) is 5.39. The Labute approximate surface area is 123 Å². The maximum atomic E-state index is 14.2. The Bertz CT molecular complexity index is 563. The van der Waals surface area contributed by atoms with Gasteiger partial charge < -0.3 is 15.4 Å². The summed E-state index contributed by atoms with van der Waals surface area (Å²) in [5.74, 6) is -0.166. The van der Waals surface area contributed by atoms with Crippen LogP contribution in [0, 0.1) is 12.7 Å². The van der Waals surface area contributed by atoms with Gasteiger partial charge in [0.15, 0.2) is 0 Å². The first-order valence-electron chi connectivity index (χ1n) is 7.22. The molecule has 2 heterocycles. The molecule has 0 aromatic heterocycles. The molecule has 21 heavy (non-hydrogen) atoms. The van der Waals surface area contributed by atoms with Crippen LogP contribution in [0.1, 0.15) is 17.5 Å². The highest BCUT2D eigenvalue weighted by molar-refractivity contribution is 5.27. The van der Waals surface area contributed by atoms with E-state index in [-0.39, 0.29) is 24.2 Å². The molecular formula is C16H20F2N2O. The molecule has 2 aliphatic rings. The van der Waals surface area contributed by atoms with Gasteiger partial charge in [0.1, 0.15) is 5.82 Å². The van der Waals surface area contributed by atoms with Crippen molar-refractivity contribution in [1.29, 1.82) is 0 Å². The van der Waals surface area contributed by atoms with Crippen LogP contribution in [0.3, 0.4) is 0 Å². The zero-order valence-corrected chi connectivity index (χ0v) is 12.1. The minimum Gasteiger partial charge on any atom is -0.375 e. The van der Waals surface area contributed by atoms with E-state index in [0.717, 1.165) is 13.0 Å². The lowest BCUT2D eigenvalue weighted by Crippen LogP contribution is -2.61. The highest BCUT2D eigenvalue weighted by Crippen LogP contribution is 2.31. The molecule has 114 valence electrons. The van der Waals surface area contributed by atoms with Gasteiger partial charge in [-0.05, 0) is 37.4 Å². The fourth-order valence-electron chi connectivity index (χ4n) is 3.25. The van der Waals surface area contributed by atoms with Crippen molar-refractivity contribution in [3.63, 3.8) is 0 Å². The Kier molecular flexibility index (Phi) is 3.71. The number of benzene rings is 1. The largest absolute Gasteiger partial charge is 0.375 e. The molecule has 2 aliphatic heterocycles. The number of morpholine rings is 1. The third-order valence-corrected chi connectivity index (χ3v) is 4.50. The van der Waals surface area contributed by atoms with Gasteiger partial charge in [0, 0.05) is 6.04 Å². The van der Waals surface area contributed by atoms with Crippen LogP contribution < -0.4 is 10.6 Å². The summed E-state index contributed by atoms with van der Waals surface area (Å²) in [6.45, 7) is 6.49. The normalized spacial score (nSPS) is 32.4. The summed E-state index contributed by atoms with van der Waals surface area (Å²) in [5, 5.41) is 6.54. The van der Waals surface area contributed by atoms with Crippen LogP contribution >= 0.6 is 0 Å². The average Bonchev–Trinajstić information content (AvgIpc) is 2.82. The summed E-state index contributed by atoms with van der Waals surface area (Å²) >= 11 is 0. The van der Waals surface area contributed by atoms with E-state index in [1.807, 2.05) is 6.07 Å². The van der Waals surface area contributed by atoms with Crippen molar-refractivity contribution in [1.82, 2.24) is 10.6 Å². The topological polar surface area (TPSA) is 33.3 Å². The van der Waals surface area contributed by atoms with Gasteiger partial charge in [0.05, 0.1) is 17.8 Å². The van der Waals surface area contributed by atoms with Crippen LogP contribution in [0.4, 0.5) is 8.78 Å². The zero-order valence-electron chi connectivity index (χ0n) is 12.1. The molecule has 2 fully saturated rings. The van der Waals surface area contributed by atoms with Gasteiger partial charge in [0.25, 0.3) is 0 Å². The van der Waals surface area contributed by atoms with E-state index in [1.165, 1.54) is 0 Å². The predicted molar refractivity (Wildman–Crippen MR) is 77.1 cm³/mol. The van der Waals surface area contributed by atoms with Gasteiger partial charge >= 0.3 is 0 Å². The summed E-state index contributed by atoms with van der Waals surface area (Å²) in [4.78, 5) is 0. The number of ether oxygens (including phenoxy) is 1. The average molecular weight is 294 g/mol. The van der Waals surface area contributed by atoms with Crippen molar-refractivity contribution in [2.75, 3.05) is 13.2 Å². The monoisotopic (exact) mass is 294 g/mol. The van der Waals surface area contributed by atoms with Crippen molar-refractivity contribution in [2.45, 2.75) is 37.7 Å². The molecule has 0 radical (unpaired) electrons. The number of alkyl halides is 1. The minimum absolute atomic E-state index is 0.0157. The highest BCUT2D eigenvalue weighted by Gasteiger charge is 2.47. The smallest absolute Gasteiger partial charge is 0.239 e. The van der Waals surface area contributed by atoms with Crippen LogP contribution in [0.15, 0.2) is 30.5 Å². The fourth-order valence-corrected chi connectivity index (χ4v) is 3.25. The molecule has 1 spiro atoms. The lowest BCUT2D eigenvalue weighted by Gasteiger charge is -2.42. The van der Waals surface area contributed by atoms with Crippen LogP contribution in [0.25, 0.3) is 0 Å². The third kappa shape index (κ3) is 2.56. The molecule has 0 amide bonds. The van der Waals surface area contributed by atoms with E-state index >= 15 is 0 Å². The number of hydrogen-bond donors (Lipinski definition) is 2. The van der Waals surface area contributed by atoms with Crippen LogP contribution in [-0.2, 0) is 11.2 Å². The molecule has 2 saturated heterocycles. The maximum Gasteiger partial charge on any atom is 0.239 e. The summed E-state index contributed by atoms with van der Waals surface area (Å²) in [6.07, 6.45) is -0.127. The fraction of sp³-hybridized carbons (Fsp3) is 0.500. The molecule has 0 aliphatic carbocycles. The molecular weight excluding hydrogens is 274 g/mol. The number of rotatable bonds is 2. The Morgan fingerprint density at radius 2 is 2.29 bits per heavy atom. The molecule has 1 aromatic rings. The molecule has 3 unspecified atom stereocenters. The Hall–Kier alpha value is -1.46. The van der Waals surface area contributed by atoms with Crippen molar-refractivity contribution >= 4 is 0 Å². The molecule has 3 nitrogen and oxygen atoms in total. The van der Waals surface area contributed by atoms with Crippen LogP contribution in [-0.4, -0.2) is 31.1 Å². The summed E-state index contributed by atoms with van der Waals surface area (Å²) in [7, 11) is 0. The van der Waals surface area contributed by atoms with Crippen LogP contribution in [0.2, 0.25) is 0 Å². The maximum absolute atomic E-state index is 14.2. The van der Waals surface area contributed by atoms with E-state index in [4.69, 9.17) is 4.74 Å². The van der Waals surface area contributed by atoms with Gasteiger partial charge in [-0.15, -0.1) is 0 Å². The molecule has 2 N–H and O–H groups in total. The van der Waals surface area contributed by atoms with E-state index in [9.17, 15) is 8.78 Å². The Morgan fingerprint density at radius 3 is 3.05 bits per heavy atom. The first-order chi connectivity index (χ1) is 10.0. The lowest BCUT2D eigenvalue weighted by molar-refractivity contribution is -0.0758. The van der Waals surface area contributed by atoms with Gasteiger partial charge in [-0.3, -0.25) is 0 Å².